The predicted octanol–water partition coefficient (Wildman–Crippen LogP) is 0.604. The Morgan fingerprint density at radius 3 is 2.81 bits per heavy atom. The standard InChI is InChI=1S/C7H9F3N4O2/c1-14-4-12-5(13-14)2-11-6(15)16-3-7(8,9)10/h4H,2-3H2,1H3,(H,11,15). The number of nitrogens with one attached hydrogen (secondary N) is 1. The van der Waals surface area contributed by atoms with Crippen LogP contribution in [0.25, 0.3) is 0 Å². The average Bonchev–Trinajstić information content (AvgIpc) is 2.57. The fourth-order valence-electron chi connectivity index (χ4n) is 0.815. The molecule has 0 aliphatic rings. The van der Waals surface area contributed by atoms with Crippen molar-refractivity contribution >= 4 is 6.09 Å². The molecule has 6 nitrogen and oxygen atoms in total. The van der Waals surface area contributed by atoms with Gasteiger partial charge in [-0.25, -0.2) is 9.78 Å². The Hall–Kier alpha value is -1.80. The number of alkyl carbamates (subject to hydrolysis) is 1. The van der Waals surface area contributed by atoms with Crippen LogP contribution >= 0.6 is 0 Å². The minimum absolute atomic E-state index is 0.0858. The summed E-state index contributed by atoms with van der Waals surface area (Å²) in [6, 6.07) is 0. The molecular weight excluding hydrogens is 229 g/mol. The first-order valence-electron chi connectivity index (χ1n) is 4.19. The maximum absolute atomic E-state index is 11.6. The molecular formula is C7H9F3N4O2. The minimum Gasteiger partial charge on any atom is -0.440 e. The number of alkyl halides is 3. The summed E-state index contributed by atoms with van der Waals surface area (Å²) in [4.78, 5) is 14.5. The largest absolute Gasteiger partial charge is 0.440 e. The molecule has 0 aromatic carbocycles. The lowest BCUT2D eigenvalue weighted by atomic mass is 10.6. The topological polar surface area (TPSA) is 69.0 Å². The molecule has 16 heavy (non-hydrogen) atoms. The van der Waals surface area contributed by atoms with Gasteiger partial charge >= 0.3 is 12.3 Å². The van der Waals surface area contributed by atoms with Crippen LogP contribution in [0.5, 0.6) is 0 Å². The molecule has 1 amide bonds. The van der Waals surface area contributed by atoms with Crippen LogP contribution in [-0.2, 0) is 18.3 Å². The van der Waals surface area contributed by atoms with Gasteiger partial charge in [-0.2, -0.15) is 18.3 Å². The number of hydrogen-bond donors (Lipinski definition) is 1. The molecule has 0 aliphatic heterocycles. The van der Waals surface area contributed by atoms with Gasteiger partial charge in [-0.15, -0.1) is 0 Å². The van der Waals surface area contributed by atoms with E-state index in [0.29, 0.717) is 0 Å². The molecule has 0 fully saturated rings. The van der Waals surface area contributed by atoms with E-state index in [1.165, 1.54) is 11.0 Å². The Morgan fingerprint density at radius 2 is 2.31 bits per heavy atom. The summed E-state index contributed by atoms with van der Waals surface area (Å²) in [7, 11) is 1.62. The number of nitrogens with zero attached hydrogens (tertiary/aromatic N) is 3. The number of rotatable bonds is 3. The van der Waals surface area contributed by atoms with Crippen molar-refractivity contribution in [1.29, 1.82) is 0 Å². The quantitative estimate of drug-likeness (QED) is 0.837. The lowest BCUT2D eigenvalue weighted by Crippen LogP contribution is -2.29. The second-order valence-electron chi connectivity index (χ2n) is 2.88. The zero-order valence-electron chi connectivity index (χ0n) is 8.28. The van der Waals surface area contributed by atoms with Crippen LogP contribution in [0.15, 0.2) is 6.33 Å². The second-order valence-corrected chi connectivity index (χ2v) is 2.88. The molecule has 1 aromatic heterocycles. The Labute approximate surface area is 88.4 Å². The number of hydrogen-bond acceptors (Lipinski definition) is 4. The number of aryl methyl sites for hydroxylation is 1. The maximum atomic E-state index is 11.6. The SMILES string of the molecule is Cn1cnc(CNC(=O)OCC(F)(F)F)n1. The van der Waals surface area contributed by atoms with Gasteiger partial charge in [-0.1, -0.05) is 0 Å². The van der Waals surface area contributed by atoms with Gasteiger partial charge in [-0.3, -0.25) is 4.68 Å². The molecule has 0 atom stereocenters. The lowest BCUT2D eigenvalue weighted by Gasteiger charge is -2.07. The van der Waals surface area contributed by atoms with E-state index in [9.17, 15) is 18.0 Å². The van der Waals surface area contributed by atoms with Gasteiger partial charge in [0.2, 0.25) is 0 Å². The third-order valence-electron chi connectivity index (χ3n) is 1.40. The average molecular weight is 238 g/mol. The minimum atomic E-state index is -4.53. The highest BCUT2D eigenvalue weighted by Crippen LogP contribution is 2.14. The van der Waals surface area contributed by atoms with Crippen molar-refractivity contribution in [3.63, 3.8) is 0 Å². The highest BCUT2D eigenvalue weighted by Gasteiger charge is 2.29. The molecule has 0 unspecified atom stereocenters. The first-order chi connectivity index (χ1) is 7.37. The summed E-state index contributed by atoms with van der Waals surface area (Å²) >= 11 is 0. The summed E-state index contributed by atoms with van der Waals surface area (Å²) in [5, 5.41) is 5.89. The molecule has 1 heterocycles. The van der Waals surface area contributed by atoms with E-state index in [4.69, 9.17) is 0 Å². The predicted molar refractivity (Wildman–Crippen MR) is 45.2 cm³/mol. The molecule has 0 radical (unpaired) electrons. The van der Waals surface area contributed by atoms with Crippen LogP contribution in [0, 0.1) is 0 Å². The zero-order chi connectivity index (χ0) is 12.2. The normalized spacial score (nSPS) is 11.2. The lowest BCUT2D eigenvalue weighted by molar-refractivity contribution is -0.160. The second kappa shape index (κ2) is 4.81. The van der Waals surface area contributed by atoms with Crippen molar-refractivity contribution in [1.82, 2.24) is 20.1 Å². The van der Waals surface area contributed by atoms with Crippen LogP contribution in [0.4, 0.5) is 18.0 Å². The number of aromatic nitrogens is 3. The molecule has 1 N–H and O–H groups in total. The molecule has 0 saturated carbocycles. The Balaban J connectivity index is 2.25. The summed E-state index contributed by atoms with van der Waals surface area (Å²) in [5.74, 6) is 0.284. The Morgan fingerprint density at radius 1 is 1.62 bits per heavy atom. The van der Waals surface area contributed by atoms with E-state index < -0.39 is 18.9 Å². The van der Waals surface area contributed by atoms with E-state index >= 15 is 0 Å². The van der Waals surface area contributed by atoms with E-state index in [-0.39, 0.29) is 12.4 Å². The van der Waals surface area contributed by atoms with Gasteiger partial charge in [0.15, 0.2) is 12.4 Å². The smallest absolute Gasteiger partial charge is 0.422 e. The number of amides is 1. The van der Waals surface area contributed by atoms with Gasteiger partial charge in [0.1, 0.15) is 6.33 Å². The van der Waals surface area contributed by atoms with E-state index in [1.54, 1.807) is 7.05 Å². The molecule has 9 heteroatoms. The van der Waals surface area contributed by atoms with Crippen LogP contribution in [-0.4, -0.2) is 33.6 Å². The summed E-state index contributed by atoms with van der Waals surface area (Å²) in [6.45, 7) is -1.70. The molecule has 1 aromatic rings. The highest BCUT2D eigenvalue weighted by molar-refractivity contribution is 5.66. The molecule has 90 valence electrons. The highest BCUT2D eigenvalue weighted by atomic mass is 19.4. The van der Waals surface area contributed by atoms with Crippen LogP contribution < -0.4 is 5.32 Å². The Kier molecular flexibility index (Phi) is 3.69. The van der Waals surface area contributed by atoms with E-state index in [1.807, 2.05) is 0 Å². The van der Waals surface area contributed by atoms with Gasteiger partial charge in [0, 0.05) is 7.05 Å². The van der Waals surface area contributed by atoms with Crippen molar-refractivity contribution in [2.24, 2.45) is 7.05 Å². The molecule has 1 rings (SSSR count). The summed E-state index contributed by atoms with van der Waals surface area (Å²) < 4.78 is 40.2. The zero-order valence-corrected chi connectivity index (χ0v) is 8.28. The van der Waals surface area contributed by atoms with Crippen molar-refractivity contribution in [3.8, 4) is 0 Å². The fourth-order valence-corrected chi connectivity index (χ4v) is 0.815. The third-order valence-corrected chi connectivity index (χ3v) is 1.40. The number of ether oxygens (including phenoxy) is 1. The summed E-state index contributed by atoms with van der Waals surface area (Å²) in [5.41, 5.74) is 0. The number of halogens is 3. The van der Waals surface area contributed by atoms with E-state index in [2.05, 4.69) is 20.1 Å². The van der Waals surface area contributed by atoms with Gasteiger partial charge < -0.3 is 10.1 Å². The van der Waals surface area contributed by atoms with Crippen molar-refractivity contribution in [3.05, 3.63) is 12.2 Å². The third kappa shape index (κ3) is 4.62. The van der Waals surface area contributed by atoms with Crippen LogP contribution in [0.3, 0.4) is 0 Å². The Bertz CT molecular complexity index is 363. The van der Waals surface area contributed by atoms with Gasteiger partial charge in [0.05, 0.1) is 6.54 Å². The van der Waals surface area contributed by atoms with Crippen molar-refractivity contribution in [2.45, 2.75) is 12.7 Å². The fraction of sp³-hybridized carbons (Fsp3) is 0.571. The van der Waals surface area contributed by atoms with E-state index in [0.717, 1.165) is 0 Å². The van der Waals surface area contributed by atoms with Crippen LogP contribution in [0.1, 0.15) is 5.82 Å². The van der Waals surface area contributed by atoms with Crippen molar-refractivity contribution < 1.29 is 22.7 Å². The number of carbonyl (C=O) groups is 1. The van der Waals surface area contributed by atoms with Gasteiger partial charge in [-0.05, 0) is 0 Å². The van der Waals surface area contributed by atoms with Crippen molar-refractivity contribution in [2.75, 3.05) is 6.61 Å². The maximum Gasteiger partial charge on any atom is 0.422 e. The number of carbonyl (C=O) groups excluding carboxylic acids is 1. The van der Waals surface area contributed by atoms with Crippen LogP contribution in [0.2, 0.25) is 0 Å². The first-order valence-corrected chi connectivity index (χ1v) is 4.19. The molecule has 0 bridgehead atoms. The summed E-state index contributed by atoms with van der Waals surface area (Å²) in [6.07, 6.45) is -4.29. The monoisotopic (exact) mass is 238 g/mol. The molecule has 0 saturated heterocycles. The molecule has 0 spiro atoms. The first kappa shape index (κ1) is 12.3. The molecule has 0 aliphatic carbocycles. The van der Waals surface area contributed by atoms with Gasteiger partial charge in [0.25, 0.3) is 0 Å².